The van der Waals surface area contributed by atoms with Crippen LogP contribution in [0.15, 0.2) is 0 Å². The average Bonchev–Trinajstić information content (AvgIpc) is 2.42. The van der Waals surface area contributed by atoms with E-state index < -0.39 is 63.1 Å². The van der Waals surface area contributed by atoms with Gasteiger partial charge in [0.2, 0.25) is 0 Å². The minimum Gasteiger partial charge on any atom is -0.480 e. The summed E-state index contributed by atoms with van der Waals surface area (Å²) in [5.74, 6) is -4.91. The van der Waals surface area contributed by atoms with E-state index in [2.05, 4.69) is 0 Å². The maximum absolute atomic E-state index is 10.6. The molecule has 15 heteroatoms. The van der Waals surface area contributed by atoms with Crippen molar-refractivity contribution >= 4 is 47.1 Å². The molecule has 1 unspecified atom stereocenters. The monoisotopic (exact) mass is 463 g/mol. The molecule has 0 aromatic carbocycles. The van der Waals surface area contributed by atoms with Gasteiger partial charge >= 0.3 is 65.8 Å². The summed E-state index contributed by atoms with van der Waals surface area (Å²) in [7, 11) is 0.417. The van der Waals surface area contributed by atoms with Crippen molar-refractivity contribution in [3.63, 3.8) is 0 Å². The second-order valence-electron chi connectivity index (χ2n) is 4.39. The molecule has 0 saturated carbocycles. The summed E-state index contributed by atoms with van der Waals surface area (Å²) in [6.45, 7) is -2.25. The third kappa shape index (κ3) is 20.0. The van der Waals surface area contributed by atoms with Crippen molar-refractivity contribution in [2.45, 2.75) is 0 Å². The van der Waals surface area contributed by atoms with Crippen molar-refractivity contribution in [1.82, 2.24) is 9.80 Å². The van der Waals surface area contributed by atoms with Crippen LogP contribution >= 0.6 is 10.2 Å². The van der Waals surface area contributed by atoms with Gasteiger partial charge in [0.25, 0.3) is 0 Å². The van der Waals surface area contributed by atoms with E-state index in [9.17, 15) is 23.0 Å². The number of hydrogen-bond donors (Lipinski definition) is 5. The van der Waals surface area contributed by atoms with E-state index in [1.807, 2.05) is 0 Å². The van der Waals surface area contributed by atoms with Gasteiger partial charge in [0.1, 0.15) is 0 Å². The van der Waals surface area contributed by atoms with Crippen molar-refractivity contribution in [2.75, 3.05) is 39.3 Å². The molecule has 0 bridgehead atoms. The van der Waals surface area contributed by atoms with E-state index >= 15 is 0 Å². The van der Waals surface area contributed by atoms with Crippen LogP contribution in [0.25, 0.3) is 0 Å². The number of nitriles is 1. The van der Waals surface area contributed by atoms with E-state index in [0.29, 0.717) is 10.2 Å². The van der Waals surface area contributed by atoms with Crippen molar-refractivity contribution in [1.29, 1.82) is 5.26 Å². The predicted octanol–water partition coefficient (Wildman–Crippen LogP) is -2.46. The minimum atomic E-state index is -2.76. The first-order valence-corrected chi connectivity index (χ1v) is 10.8. The number of rotatable bonds is 12. The van der Waals surface area contributed by atoms with Crippen LogP contribution in [0.5, 0.6) is 0 Å². The summed E-state index contributed by atoms with van der Waals surface area (Å²) in [6, 6.07) is 0. The Bertz CT molecular complexity index is 499. The maximum Gasteiger partial charge on any atom is 0.317 e. The molecule has 0 aliphatic heterocycles. The SMILES string of the molecule is N#CS[Se](=O)O.O=C(O)CN(CCN(CC(=O)O)CC(=O)O)CC(=O)O. The molecule has 0 radical (unpaired) electrons. The smallest absolute Gasteiger partial charge is 0.317 e. The number of carbonyl (C=O) groups is 4. The van der Waals surface area contributed by atoms with Crippen LogP contribution in [0.3, 0.4) is 0 Å². The Hall–Kier alpha value is -2.08. The summed E-state index contributed by atoms with van der Waals surface area (Å²) >= 11 is -2.76. The third-order valence-corrected chi connectivity index (χ3v) is 3.86. The Morgan fingerprint density at radius 2 is 1.08 bits per heavy atom. The first-order chi connectivity index (χ1) is 12.0. The number of thiocyanates is 1. The number of carboxylic acid groups (broad SMARTS) is 4. The zero-order chi connectivity index (χ0) is 20.7. The summed E-state index contributed by atoms with van der Waals surface area (Å²) < 4.78 is 17.4. The Balaban J connectivity index is 0. The fraction of sp³-hybridized carbons (Fsp3) is 0.545. The number of carboxylic acids is 4. The molecule has 0 amide bonds. The van der Waals surface area contributed by atoms with Crippen LogP contribution in [0.4, 0.5) is 0 Å². The Morgan fingerprint density at radius 1 is 0.808 bits per heavy atom. The van der Waals surface area contributed by atoms with Gasteiger partial charge in [-0.05, 0) is 0 Å². The quantitative estimate of drug-likeness (QED) is 0.150. The van der Waals surface area contributed by atoms with E-state index in [1.54, 1.807) is 0 Å². The van der Waals surface area contributed by atoms with E-state index in [0.717, 1.165) is 9.80 Å². The standard InChI is InChI=1S/C10H16N2O8.CHNO2SSe/c13-7(14)3-11(4-8(15)16)1-2-12(5-9(17)18)6-10(19)20;2-1-5-6(3)4/h1-6H2,(H,13,14)(H,15,16)(H,17,18)(H,19,20);(H,3,4). The summed E-state index contributed by atoms with van der Waals surface area (Å²) in [5, 5.41) is 43.6. The van der Waals surface area contributed by atoms with Gasteiger partial charge in [-0.25, -0.2) is 0 Å². The first-order valence-electron chi connectivity index (χ1n) is 6.47. The molecule has 0 aliphatic rings. The van der Waals surface area contributed by atoms with Crippen molar-refractivity contribution < 1.29 is 47.6 Å². The van der Waals surface area contributed by atoms with Crippen LogP contribution in [0.1, 0.15) is 0 Å². The summed E-state index contributed by atoms with van der Waals surface area (Å²) in [6.07, 6.45) is 0. The molecule has 0 aromatic rings. The summed E-state index contributed by atoms with van der Waals surface area (Å²) in [5.41, 5.74) is 0. The molecule has 5 N–H and O–H groups in total. The van der Waals surface area contributed by atoms with Gasteiger partial charge in [-0.15, -0.1) is 0 Å². The van der Waals surface area contributed by atoms with Crippen LogP contribution in [0, 0.1) is 10.7 Å². The maximum atomic E-state index is 10.6. The minimum absolute atomic E-state index is 0.0703. The second-order valence-corrected chi connectivity index (χ2v) is 8.18. The third-order valence-electron chi connectivity index (χ3n) is 2.28. The topological polar surface area (TPSA) is 217 Å². The molecule has 26 heavy (non-hydrogen) atoms. The van der Waals surface area contributed by atoms with Crippen LogP contribution in [-0.4, -0.2) is 111 Å². The molecule has 0 saturated heterocycles. The molecule has 0 rings (SSSR count). The van der Waals surface area contributed by atoms with Gasteiger partial charge < -0.3 is 20.4 Å². The predicted molar refractivity (Wildman–Crippen MR) is 85.3 cm³/mol. The Labute approximate surface area is 154 Å². The van der Waals surface area contributed by atoms with Crippen molar-refractivity contribution in [3.8, 4) is 5.40 Å². The van der Waals surface area contributed by atoms with Gasteiger partial charge in [-0.3, -0.25) is 29.0 Å². The van der Waals surface area contributed by atoms with Crippen LogP contribution in [0.2, 0.25) is 0 Å². The van der Waals surface area contributed by atoms with Gasteiger partial charge in [0, 0.05) is 13.1 Å². The number of hydrogen-bond acceptors (Lipinski definition) is 9. The number of aliphatic carboxylic acids is 4. The van der Waals surface area contributed by atoms with Gasteiger partial charge in [0.15, 0.2) is 0 Å². The van der Waals surface area contributed by atoms with Gasteiger partial charge in [0.05, 0.1) is 26.2 Å². The zero-order valence-electron chi connectivity index (χ0n) is 13.2. The molecule has 0 spiro atoms. The second kappa shape index (κ2) is 15.2. The van der Waals surface area contributed by atoms with E-state index in [4.69, 9.17) is 29.9 Å². The molecule has 148 valence electrons. The van der Waals surface area contributed by atoms with Crippen LogP contribution in [-0.2, 0) is 23.0 Å². The Kier molecular flexibility index (Phi) is 15.3. The van der Waals surface area contributed by atoms with Gasteiger partial charge in [-0.2, -0.15) is 0 Å². The number of nitrogens with zero attached hydrogens (tertiary/aromatic N) is 3. The average molecular weight is 462 g/mol. The normalized spacial score (nSPS) is 11.2. The van der Waals surface area contributed by atoms with Crippen molar-refractivity contribution in [3.05, 3.63) is 0 Å². The fourth-order valence-corrected chi connectivity index (χ4v) is 1.97. The molecule has 0 aliphatic carbocycles. The largest absolute Gasteiger partial charge is 0.480 e. The van der Waals surface area contributed by atoms with Gasteiger partial charge in [-0.1, -0.05) is 0 Å². The van der Waals surface area contributed by atoms with Crippen LogP contribution < -0.4 is 0 Å². The fourth-order valence-electron chi connectivity index (χ4n) is 1.51. The molecule has 1 atom stereocenters. The molecule has 0 fully saturated rings. The van der Waals surface area contributed by atoms with E-state index in [1.165, 1.54) is 5.40 Å². The zero-order valence-corrected chi connectivity index (χ0v) is 15.7. The molecule has 13 nitrogen and oxygen atoms in total. The van der Waals surface area contributed by atoms with E-state index in [-0.39, 0.29) is 13.1 Å². The Morgan fingerprint density at radius 3 is 1.19 bits per heavy atom. The first kappa shape index (κ1) is 26.2. The molecular formula is C11H17N3O10SSe. The summed E-state index contributed by atoms with van der Waals surface area (Å²) in [4.78, 5) is 44.4. The van der Waals surface area contributed by atoms with Crippen molar-refractivity contribution in [2.24, 2.45) is 0 Å². The molecule has 0 aromatic heterocycles. The molecule has 0 heterocycles. The molecular weight excluding hydrogens is 445 g/mol.